The number of carbonyl (C=O) groups excluding carboxylic acids is 2. The Morgan fingerprint density at radius 1 is 1.41 bits per heavy atom. The molecule has 0 aromatic carbocycles. The van der Waals surface area contributed by atoms with Crippen molar-refractivity contribution in [3.8, 4) is 17.7 Å². The van der Waals surface area contributed by atoms with Gasteiger partial charge in [-0.05, 0) is 38.8 Å². The molecular formula is C19H25N5O4S. The molecule has 2 unspecified atom stereocenters. The zero-order valence-corrected chi connectivity index (χ0v) is 17.9. The van der Waals surface area contributed by atoms with Gasteiger partial charge in [-0.3, -0.25) is 14.2 Å². The zero-order chi connectivity index (χ0) is 21.6. The smallest absolute Gasteiger partial charge is 0.317 e. The SMILES string of the molecule is CCn1c(SCC(=O)OC(C)C(=O)NC(C)(C#N)C(C)C)nnc1-c1ccco1. The molecule has 1 N–H and O–H groups in total. The van der Waals surface area contributed by atoms with Gasteiger partial charge in [0.05, 0.1) is 18.1 Å². The lowest BCUT2D eigenvalue weighted by Crippen LogP contribution is -2.52. The molecular weight excluding hydrogens is 394 g/mol. The number of nitrogens with one attached hydrogen (secondary N) is 1. The molecule has 0 aliphatic carbocycles. The average Bonchev–Trinajstić information content (AvgIpc) is 3.34. The number of nitriles is 1. The minimum atomic E-state index is -1.04. The number of ether oxygens (including phenoxy) is 1. The average molecular weight is 420 g/mol. The van der Waals surface area contributed by atoms with E-state index in [9.17, 15) is 14.9 Å². The van der Waals surface area contributed by atoms with E-state index in [2.05, 4.69) is 21.6 Å². The Morgan fingerprint density at radius 2 is 2.14 bits per heavy atom. The number of hydrogen-bond acceptors (Lipinski definition) is 8. The largest absolute Gasteiger partial charge is 0.461 e. The molecule has 0 bridgehead atoms. The quantitative estimate of drug-likeness (QED) is 0.486. The third-order valence-electron chi connectivity index (χ3n) is 4.54. The molecule has 156 valence electrons. The van der Waals surface area contributed by atoms with Crippen LogP contribution in [0.25, 0.3) is 11.6 Å². The second kappa shape index (κ2) is 9.60. The molecule has 9 nitrogen and oxygen atoms in total. The predicted molar refractivity (Wildman–Crippen MR) is 107 cm³/mol. The molecule has 2 aromatic heterocycles. The Bertz CT molecular complexity index is 887. The van der Waals surface area contributed by atoms with Gasteiger partial charge in [0, 0.05) is 6.54 Å². The first-order valence-electron chi connectivity index (χ1n) is 9.24. The molecule has 29 heavy (non-hydrogen) atoms. The van der Waals surface area contributed by atoms with E-state index in [1.54, 1.807) is 25.3 Å². The van der Waals surface area contributed by atoms with E-state index in [0.29, 0.717) is 23.3 Å². The Morgan fingerprint density at radius 3 is 2.69 bits per heavy atom. The molecule has 0 saturated heterocycles. The lowest BCUT2D eigenvalue weighted by molar-refractivity contribution is -0.152. The van der Waals surface area contributed by atoms with Crippen LogP contribution >= 0.6 is 11.8 Å². The standard InChI is InChI=1S/C19H25N5O4S/c1-6-24-16(14-8-7-9-27-14)22-23-18(24)29-10-15(25)28-13(4)17(26)21-19(5,11-20)12(2)3/h7-9,12-13H,6,10H2,1-5H3,(H,21,26). The van der Waals surface area contributed by atoms with Crippen molar-refractivity contribution in [3.05, 3.63) is 18.4 Å². The predicted octanol–water partition coefficient (Wildman–Crippen LogP) is 2.64. The molecule has 0 aliphatic rings. The summed E-state index contributed by atoms with van der Waals surface area (Å²) in [6.07, 6.45) is 0.536. The number of nitrogens with zero attached hydrogens (tertiary/aromatic N) is 4. The molecule has 0 radical (unpaired) electrons. The first-order valence-corrected chi connectivity index (χ1v) is 10.2. The van der Waals surface area contributed by atoms with Crippen LogP contribution in [0.1, 0.15) is 34.6 Å². The van der Waals surface area contributed by atoms with Crippen LogP contribution < -0.4 is 5.32 Å². The van der Waals surface area contributed by atoms with Gasteiger partial charge in [0.1, 0.15) is 5.54 Å². The maximum Gasteiger partial charge on any atom is 0.317 e. The minimum Gasteiger partial charge on any atom is -0.461 e. The molecule has 2 rings (SSSR count). The fourth-order valence-electron chi connectivity index (χ4n) is 2.34. The Balaban J connectivity index is 1.93. The third-order valence-corrected chi connectivity index (χ3v) is 5.48. The maximum atomic E-state index is 12.3. The highest BCUT2D eigenvalue weighted by atomic mass is 32.2. The van der Waals surface area contributed by atoms with Gasteiger partial charge < -0.3 is 14.5 Å². The van der Waals surface area contributed by atoms with Crippen molar-refractivity contribution in [2.45, 2.75) is 58.0 Å². The second-order valence-corrected chi connectivity index (χ2v) is 7.85. The van der Waals surface area contributed by atoms with Crippen LogP contribution in [0.15, 0.2) is 28.0 Å². The normalized spacial score (nSPS) is 14.1. The lowest BCUT2D eigenvalue weighted by atomic mass is 9.90. The third kappa shape index (κ3) is 5.38. The topological polar surface area (TPSA) is 123 Å². The first-order chi connectivity index (χ1) is 13.7. The van der Waals surface area contributed by atoms with Gasteiger partial charge in [-0.25, -0.2) is 0 Å². The summed E-state index contributed by atoms with van der Waals surface area (Å²) >= 11 is 1.16. The maximum absolute atomic E-state index is 12.3. The van der Waals surface area contributed by atoms with E-state index >= 15 is 0 Å². The lowest BCUT2D eigenvalue weighted by Gasteiger charge is -2.28. The van der Waals surface area contributed by atoms with Gasteiger partial charge >= 0.3 is 5.97 Å². The summed E-state index contributed by atoms with van der Waals surface area (Å²) in [6.45, 7) is 9.30. The Labute approximate surface area is 173 Å². The Kier molecular flexibility index (Phi) is 7.45. The number of amides is 1. The number of hydrogen-bond donors (Lipinski definition) is 1. The van der Waals surface area contributed by atoms with E-state index in [0.717, 1.165) is 11.8 Å². The van der Waals surface area contributed by atoms with E-state index in [4.69, 9.17) is 9.15 Å². The van der Waals surface area contributed by atoms with Gasteiger partial charge in [-0.1, -0.05) is 25.6 Å². The second-order valence-electron chi connectivity index (χ2n) is 6.91. The van der Waals surface area contributed by atoms with Crippen LogP contribution in [-0.4, -0.2) is 44.0 Å². The van der Waals surface area contributed by atoms with Gasteiger partial charge in [0.25, 0.3) is 5.91 Å². The molecule has 10 heteroatoms. The molecule has 1 amide bonds. The van der Waals surface area contributed by atoms with Crippen molar-refractivity contribution in [1.82, 2.24) is 20.1 Å². The van der Waals surface area contributed by atoms with Crippen molar-refractivity contribution >= 4 is 23.6 Å². The van der Waals surface area contributed by atoms with E-state index in [-0.39, 0.29) is 11.7 Å². The number of esters is 1. The van der Waals surface area contributed by atoms with E-state index < -0.39 is 23.5 Å². The summed E-state index contributed by atoms with van der Waals surface area (Å²) in [5.74, 6) is -0.0499. The highest BCUT2D eigenvalue weighted by Crippen LogP contribution is 2.24. The van der Waals surface area contributed by atoms with Crippen molar-refractivity contribution in [2.75, 3.05) is 5.75 Å². The molecule has 0 spiro atoms. The van der Waals surface area contributed by atoms with Crippen molar-refractivity contribution in [3.63, 3.8) is 0 Å². The summed E-state index contributed by atoms with van der Waals surface area (Å²) in [4.78, 5) is 24.5. The summed E-state index contributed by atoms with van der Waals surface area (Å²) < 4.78 is 12.4. The monoisotopic (exact) mass is 419 g/mol. The van der Waals surface area contributed by atoms with Crippen LogP contribution in [-0.2, 0) is 20.9 Å². The van der Waals surface area contributed by atoms with Crippen LogP contribution in [0, 0.1) is 17.2 Å². The molecule has 0 saturated carbocycles. The van der Waals surface area contributed by atoms with Crippen LogP contribution in [0.4, 0.5) is 0 Å². The molecule has 2 heterocycles. The summed E-state index contributed by atoms with van der Waals surface area (Å²) in [6, 6.07) is 5.63. The first kappa shape index (κ1) is 22.5. The fourth-order valence-corrected chi connectivity index (χ4v) is 3.12. The van der Waals surface area contributed by atoms with Crippen LogP contribution in [0.2, 0.25) is 0 Å². The molecule has 2 aromatic rings. The number of thioether (sulfide) groups is 1. The van der Waals surface area contributed by atoms with Crippen LogP contribution in [0.3, 0.4) is 0 Å². The fraction of sp³-hybridized carbons (Fsp3) is 0.526. The number of furan rings is 1. The van der Waals surface area contributed by atoms with Crippen molar-refractivity contribution < 1.29 is 18.7 Å². The van der Waals surface area contributed by atoms with Gasteiger partial charge in [0.15, 0.2) is 22.8 Å². The van der Waals surface area contributed by atoms with Gasteiger partial charge in [-0.15, -0.1) is 10.2 Å². The van der Waals surface area contributed by atoms with E-state index in [1.165, 1.54) is 6.92 Å². The van der Waals surface area contributed by atoms with Gasteiger partial charge in [0.2, 0.25) is 0 Å². The number of carbonyl (C=O) groups is 2. The van der Waals surface area contributed by atoms with Crippen molar-refractivity contribution in [2.24, 2.45) is 5.92 Å². The minimum absolute atomic E-state index is 0.0341. The van der Waals surface area contributed by atoms with Crippen LogP contribution in [0.5, 0.6) is 0 Å². The summed E-state index contributed by atoms with van der Waals surface area (Å²) in [7, 11) is 0. The highest BCUT2D eigenvalue weighted by Gasteiger charge is 2.32. The molecule has 0 aliphatic heterocycles. The highest BCUT2D eigenvalue weighted by molar-refractivity contribution is 7.99. The zero-order valence-electron chi connectivity index (χ0n) is 17.1. The number of rotatable bonds is 9. The molecule has 0 fully saturated rings. The number of aromatic nitrogens is 3. The Hall–Kier alpha value is -2.80. The summed E-state index contributed by atoms with van der Waals surface area (Å²) in [5.41, 5.74) is -1.04. The van der Waals surface area contributed by atoms with Crippen molar-refractivity contribution in [1.29, 1.82) is 5.26 Å². The van der Waals surface area contributed by atoms with E-state index in [1.807, 2.05) is 25.3 Å². The summed E-state index contributed by atoms with van der Waals surface area (Å²) in [5, 5.41) is 20.7. The molecule has 2 atom stereocenters. The van der Waals surface area contributed by atoms with Gasteiger partial charge in [-0.2, -0.15) is 5.26 Å².